The largest absolute Gasteiger partial charge is 0.437 e. The van der Waals surface area contributed by atoms with Crippen molar-refractivity contribution in [1.82, 2.24) is 0 Å². The SMILES string of the molecule is O=P(Oc1ccc2sc3ccc(OP(=O)(c4ccccc4)c4ccccc4)cc3c2c1)(c1ccccc1)c1ccccc1. The third kappa shape index (κ3) is 5.21. The Labute approximate surface area is 254 Å². The summed E-state index contributed by atoms with van der Waals surface area (Å²) in [5.74, 6) is 1.02. The number of thiophene rings is 1. The van der Waals surface area contributed by atoms with Gasteiger partial charge >= 0.3 is 14.7 Å². The molecule has 0 saturated carbocycles. The maximum Gasteiger partial charge on any atom is 0.306 e. The zero-order valence-electron chi connectivity index (χ0n) is 22.9. The minimum Gasteiger partial charge on any atom is -0.437 e. The van der Waals surface area contributed by atoms with Gasteiger partial charge in [0, 0.05) is 20.2 Å². The number of hydrogen-bond donors (Lipinski definition) is 0. The van der Waals surface area contributed by atoms with Crippen molar-refractivity contribution in [2.45, 2.75) is 0 Å². The van der Waals surface area contributed by atoms with Crippen molar-refractivity contribution in [2.24, 2.45) is 0 Å². The van der Waals surface area contributed by atoms with Crippen LogP contribution in [0.1, 0.15) is 0 Å². The molecule has 0 atom stereocenters. The Morgan fingerprint density at radius 2 is 0.698 bits per heavy atom. The van der Waals surface area contributed by atoms with E-state index in [1.165, 1.54) is 0 Å². The highest BCUT2D eigenvalue weighted by atomic mass is 32.1. The van der Waals surface area contributed by atoms with Crippen LogP contribution in [0.3, 0.4) is 0 Å². The van der Waals surface area contributed by atoms with Crippen LogP contribution in [0.2, 0.25) is 0 Å². The van der Waals surface area contributed by atoms with E-state index in [2.05, 4.69) is 0 Å². The van der Waals surface area contributed by atoms with Crippen molar-refractivity contribution < 1.29 is 18.2 Å². The second-order valence-electron chi connectivity index (χ2n) is 10.0. The van der Waals surface area contributed by atoms with Crippen LogP contribution in [0.25, 0.3) is 20.2 Å². The molecule has 0 radical (unpaired) electrons. The second-order valence-corrected chi connectivity index (χ2v) is 15.8. The Balaban J connectivity index is 1.30. The minimum absolute atomic E-state index is 0.508. The van der Waals surface area contributed by atoms with Crippen molar-refractivity contribution >= 4 is 67.5 Å². The Morgan fingerprint density at radius 1 is 0.395 bits per heavy atom. The molecule has 7 aromatic rings. The van der Waals surface area contributed by atoms with Crippen LogP contribution in [-0.2, 0) is 9.13 Å². The first-order valence-corrected chi connectivity index (χ1v) is 17.9. The molecule has 0 N–H and O–H groups in total. The lowest BCUT2D eigenvalue weighted by molar-refractivity contribution is 0.502. The van der Waals surface area contributed by atoms with E-state index in [4.69, 9.17) is 9.05 Å². The molecule has 1 heterocycles. The van der Waals surface area contributed by atoms with Gasteiger partial charge in [0.15, 0.2) is 0 Å². The molecule has 43 heavy (non-hydrogen) atoms. The summed E-state index contributed by atoms with van der Waals surface area (Å²) in [5.41, 5.74) is 0. The Bertz CT molecular complexity index is 1890. The first-order chi connectivity index (χ1) is 21.0. The zero-order valence-corrected chi connectivity index (χ0v) is 25.6. The van der Waals surface area contributed by atoms with Crippen LogP contribution in [0.15, 0.2) is 158 Å². The van der Waals surface area contributed by atoms with Gasteiger partial charge in [-0.3, -0.25) is 9.13 Å². The fraction of sp³-hybridized carbons (Fsp3) is 0. The summed E-state index contributed by atoms with van der Waals surface area (Å²) in [4.78, 5) is 0. The normalized spacial score (nSPS) is 11.9. The third-order valence-electron chi connectivity index (χ3n) is 7.26. The van der Waals surface area contributed by atoms with E-state index in [0.717, 1.165) is 20.2 Å². The fourth-order valence-electron chi connectivity index (χ4n) is 5.15. The summed E-state index contributed by atoms with van der Waals surface area (Å²) in [6.07, 6.45) is 0. The van der Waals surface area contributed by atoms with Crippen LogP contribution < -0.4 is 30.3 Å². The number of hydrogen-bond acceptors (Lipinski definition) is 5. The van der Waals surface area contributed by atoms with Gasteiger partial charge < -0.3 is 9.05 Å². The molecule has 7 rings (SSSR count). The molecular formula is C36H26O4P2S. The number of fused-ring (bicyclic) bond motifs is 3. The van der Waals surface area contributed by atoms with Crippen LogP contribution in [0.5, 0.6) is 11.5 Å². The highest BCUT2D eigenvalue weighted by molar-refractivity contribution is 7.75. The summed E-state index contributed by atoms with van der Waals surface area (Å²) >= 11 is 1.65. The molecule has 0 aliphatic rings. The number of benzene rings is 6. The molecule has 0 saturated heterocycles. The molecule has 0 fully saturated rings. The highest BCUT2D eigenvalue weighted by Gasteiger charge is 2.31. The summed E-state index contributed by atoms with van der Waals surface area (Å²) in [7, 11) is -6.86. The Kier molecular flexibility index (Phi) is 7.24. The molecule has 0 bridgehead atoms. The molecule has 210 valence electrons. The molecule has 0 aliphatic heterocycles. The summed E-state index contributed by atoms with van der Waals surface area (Å²) in [6, 6.07) is 48.9. The van der Waals surface area contributed by atoms with E-state index >= 15 is 0 Å². The van der Waals surface area contributed by atoms with Gasteiger partial charge in [0.2, 0.25) is 0 Å². The number of rotatable bonds is 8. The van der Waals surface area contributed by atoms with Gasteiger partial charge in [-0.2, -0.15) is 0 Å². The molecule has 4 nitrogen and oxygen atoms in total. The van der Waals surface area contributed by atoms with E-state index in [-0.39, 0.29) is 0 Å². The Morgan fingerprint density at radius 3 is 1.00 bits per heavy atom. The first kappa shape index (κ1) is 27.4. The topological polar surface area (TPSA) is 52.6 Å². The van der Waals surface area contributed by atoms with Gasteiger partial charge in [-0.05, 0) is 84.9 Å². The molecule has 7 heteroatoms. The standard InChI is InChI=1S/C36H26O4P2S/c37-41(29-13-5-1-6-14-29,30-15-7-2-8-16-30)39-27-21-23-35-33(25-27)34-26-28(22-24-36(34)43-35)40-42(38,31-17-9-3-10-18-31)32-19-11-4-12-20-32/h1-26H. The van der Waals surface area contributed by atoms with Crippen molar-refractivity contribution in [3.05, 3.63) is 158 Å². The minimum atomic E-state index is -3.43. The molecular weight excluding hydrogens is 590 g/mol. The van der Waals surface area contributed by atoms with Crippen molar-refractivity contribution in [3.8, 4) is 11.5 Å². The molecule has 0 unspecified atom stereocenters. The molecule has 0 aliphatic carbocycles. The van der Waals surface area contributed by atoms with E-state index in [1.54, 1.807) is 11.3 Å². The third-order valence-corrected chi connectivity index (χ3v) is 13.3. The smallest absolute Gasteiger partial charge is 0.306 e. The maximum absolute atomic E-state index is 14.5. The lowest BCUT2D eigenvalue weighted by atomic mass is 10.1. The van der Waals surface area contributed by atoms with Crippen molar-refractivity contribution in [2.75, 3.05) is 0 Å². The lowest BCUT2D eigenvalue weighted by Gasteiger charge is -2.21. The van der Waals surface area contributed by atoms with Crippen LogP contribution in [0.4, 0.5) is 0 Å². The van der Waals surface area contributed by atoms with Crippen LogP contribution in [-0.4, -0.2) is 0 Å². The van der Waals surface area contributed by atoms with Crippen LogP contribution >= 0.6 is 26.1 Å². The molecule has 1 aromatic heterocycles. The van der Waals surface area contributed by atoms with Crippen molar-refractivity contribution in [1.29, 1.82) is 0 Å². The molecule has 0 spiro atoms. The average Bonchev–Trinajstić information content (AvgIpc) is 3.43. The summed E-state index contributed by atoms with van der Waals surface area (Å²) < 4.78 is 44.0. The second kappa shape index (κ2) is 11.4. The molecule has 6 aromatic carbocycles. The monoisotopic (exact) mass is 616 g/mol. The zero-order chi connectivity index (χ0) is 29.3. The van der Waals surface area contributed by atoms with Gasteiger partial charge in [0.1, 0.15) is 11.5 Å². The van der Waals surface area contributed by atoms with E-state index in [1.807, 2.05) is 158 Å². The van der Waals surface area contributed by atoms with Gasteiger partial charge in [-0.25, -0.2) is 0 Å². The van der Waals surface area contributed by atoms with E-state index in [0.29, 0.717) is 32.7 Å². The van der Waals surface area contributed by atoms with Gasteiger partial charge in [-0.15, -0.1) is 11.3 Å². The predicted molar refractivity (Wildman–Crippen MR) is 180 cm³/mol. The van der Waals surface area contributed by atoms with Gasteiger partial charge in [0.05, 0.1) is 21.2 Å². The lowest BCUT2D eigenvalue weighted by Crippen LogP contribution is -2.20. The first-order valence-electron chi connectivity index (χ1n) is 13.8. The molecule has 0 amide bonds. The predicted octanol–water partition coefficient (Wildman–Crippen LogP) is 8.67. The quantitative estimate of drug-likeness (QED) is 0.160. The van der Waals surface area contributed by atoms with Gasteiger partial charge in [-0.1, -0.05) is 72.8 Å². The average molecular weight is 617 g/mol. The van der Waals surface area contributed by atoms with Crippen LogP contribution in [0, 0.1) is 0 Å². The van der Waals surface area contributed by atoms with E-state index in [9.17, 15) is 9.13 Å². The fourth-order valence-corrected chi connectivity index (χ4v) is 10.3. The summed E-state index contributed by atoms with van der Waals surface area (Å²) in [5, 5.41) is 4.42. The Hall–Kier alpha value is -4.40. The highest BCUT2D eigenvalue weighted by Crippen LogP contribution is 2.49. The van der Waals surface area contributed by atoms with Crippen molar-refractivity contribution in [3.63, 3.8) is 0 Å². The van der Waals surface area contributed by atoms with E-state index < -0.39 is 14.7 Å². The maximum atomic E-state index is 14.5. The van der Waals surface area contributed by atoms with Gasteiger partial charge in [0.25, 0.3) is 0 Å². The summed E-state index contributed by atoms with van der Waals surface area (Å²) in [6.45, 7) is 0.